The number of aliphatic hydroxyl groups excluding tert-OH is 1. The number of aromatic nitrogens is 4. The minimum atomic E-state index is 0.249. The maximum Gasteiger partial charge on any atom is 0.229 e. The first-order chi connectivity index (χ1) is 15.6. The van der Waals surface area contributed by atoms with Gasteiger partial charge in [-0.15, -0.1) is 0 Å². The van der Waals surface area contributed by atoms with Crippen LogP contribution in [0.15, 0.2) is 24.5 Å². The molecule has 1 aliphatic carbocycles. The van der Waals surface area contributed by atoms with Gasteiger partial charge in [-0.1, -0.05) is 12.8 Å². The second-order valence-electron chi connectivity index (χ2n) is 9.22. The van der Waals surface area contributed by atoms with Crippen LogP contribution < -0.4 is 10.1 Å². The lowest BCUT2D eigenvalue weighted by Gasteiger charge is -2.30. The number of fused-ring (bicyclic) bond motifs is 2. The summed E-state index contributed by atoms with van der Waals surface area (Å²) in [7, 11) is 3.84. The molecule has 170 valence electrons. The smallest absolute Gasteiger partial charge is 0.229 e. The standard InChI is InChI=1S/C24H32N6O2/c1-29-8-7-16-10-22(32-2)21(9-19(16)13-29)27-24-25-11-20-12-26-30(23(20)28-24)14-17-5-3-4-6-18(17)15-31/h9-12,17-18,31H,3-8,13-15H2,1-2H3,(H,25,27,28)/t17-,18+/m0/s1. The van der Waals surface area contributed by atoms with Gasteiger partial charge in [0.25, 0.3) is 0 Å². The molecular weight excluding hydrogens is 404 g/mol. The molecule has 0 radical (unpaired) electrons. The predicted octanol–water partition coefficient (Wildman–Crippen LogP) is 3.37. The molecule has 0 amide bonds. The van der Waals surface area contributed by atoms with Crippen LogP contribution in [0.25, 0.3) is 11.0 Å². The lowest BCUT2D eigenvalue weighted by Crippen LogP contribution is -2.27. The molecule has 1 aromatic carbocycles. The number of nitrogens with zero attached hydrogens (tertiary/aromatic N) is 5. The first-order valence-corrected chi connectivity index (χ1v) is 11.6. The first kappa shape index (κ1) is 21.2. The molecule has 2 aromatic heterocycles. The van der Waals surface area contributed by atoms with Crippen molar-refractivity contribution >= 4 is 22.7 Å². The Balaban J connectivity index is 1.42. The second kappa shape index (κ2) is 9.03. The summed E-state index contributed by atoms with van der Waals surface area (Å²) in [5.41, 5.74) is 4.34. The maximum atomic E-state index is 9.78. The summed E-state index contributed by atoms with van der Waals surface area (Å²) < 4.78 is 7.63. The van der Waals surface area contributed by atoms with E-state index in [0.717, 1.165) is 61.4 Å². The highest BCUT2D eigenvalue weighted by atomic mass is 16.5. The molecule has 0 bridgehead atoms. The molecule has 8 heteroatoms. The zero-order valence-corrected chi connectivity index (χ0v) is 18.9. The van der Waals surface area contributed by atoms with E-state index in [1.165, 1.54) is 24.0 Å². The Bertz CT molecular complexity index is 1100. The van der Waals surface area contributed by atoms with Gasteiger partial charge < -0.3 is 20.1 Å². The van der Waals surface area contributed by atoms with E-state index in [4.69, 9.17) is 9.72 Å². The van der Waals surface area contributed by atoms with Crippen molar-refractivity contribution in [2.24, 2.45) is 11.8 Å². The van der Waals surface area contributed by atoms with Crippen LogP contribution in [-0.2, 0) is 19.5 Å². The molecule has 0 saturated heterocycles. The molecule has 2 aliphatic rings. The average molecular weight is 437 g/mol. The van der Waals surface area contributed by atoms with E-state index in [0.29, 0.717) is 17.8 Å². The summed E-state index contributed by atoms with van der Waals surface area (Å²) in [6, 6.07) is 4.29. The monoisotopic (exact) mass is 436 g/mol. The Hall–Kier alpha value is -2.71. The van der Waals surface area contributed by atoms with Crippen LogP contribution in [0.1, 0.15) is 36.8 Å². The van der Waals surface area contributed by atoms with Crippen LogP contribution in [-0.4, -0.2) is 57.1 Å². The molecule has 8 nitrogen and oxygen atoms in total. The number of hydrogen-bond acceptors (Lipinski definition) is 7. The zero-order valence-electron chi connectivity index (χ0n) is 18.9. The van der Waals surface area contributed by atoms with Crippen molar-refractivity contribution in [3.05, 3.63) is 35.7 Å². The van der Waals surface area contributed by atoms with Crippen LogP contribution in [0.5, 0.6) is 5.75 Å². The summed E-state index contributed by atoms with van der Waals surface area (Å²) >= 11 is 0. The van der Waals surface area contributed by atoms with Crippen molar-refractivity contribution in [1.29, 1.82) is 0 Å². The number of ether oxygens (including phenoxy) is 1. The molecule has 2 N–H and O–H groups in total. The topological polar surface area (TPSA) is 88.3 Å². The summed E-state index contributed by atoms with van der Waals surface area (Å²) in [5.74, 6) is 2.11. The van der Waals surface area contributed by atoms with Crippen molar-refractivity contribution in [3.63, 3.8) is 0 Å². The van der Waals surface area contributed by atoms with E-state index < -0.39 is 0 Å². The molecule has 32 heavy (non-hydrogen) atoms. The molecule has 3 aromatic rings. The van der Waals surface area contributed by atoms with E-state index in [2.05, 4.69) is 39.5 Å². The van der Waals surface area contributed by atoms with E-state index >= 15 is 0 Å². The Labute approximate surface area is 188 Å². The van der Waals surface area contributed by atoms with Crippen LogP contribution in [0.4, 0.5) is 11.6 Å². The summed E-state index contributed by atoms with van der Waals surface area (Å²) in [6.45, 7) is 3.01. The van der Waals surface area contributed by atoms with Crippen molar-refractivity contribution in [2.45, 2.75) is 45.2 Å². The first-order valence-electron chi connectivity index (χ1n) is 11.6. The molecule has 1 aliphatic heterocycles. The van der Waals surface area contributed by atoms with Crippen molar-refractivity contribution in [1.82, 2.24) is 24.6 Å². The third-order valence-corrected chi connectivity index (χ3v) is 7.06. The molecule has 5 rings (SSSR count). The minimum absolute atomic E-state index is 0.249. The van der Waals surface area contributed by atoms with Gasteiger partial charge >= 0.3 is 0 Å². The minimum Gasteiger partial charge on any atom is -0.495 e. The van der Waals surface area contributed by atoms with E-state index in [-0.39, 0.29) is 6.61 Å². The highest BCUT2D eigenvalue weighted by Crippen LogP contribution is 2.34. The van der Waals surface area contributed by atoms with Gasteiger partial charge in [0, 0.05) is 32.4 Å². The van der Waals surface area contributed by atoms with Crippen LogP contribution in [0.2, 0.25) is 0 Å². The van der Waals surface area contributed by atoms with E-state index in [1.807, 2.05) is 17.1 Å². The Morgan fingerprint density at radius 1 is 1.16 bits per heavy atom. The van der Waals surface area contributed by atoms with E-state index in [1.54, 1.807) is 7.11 Å². The lowest BCUT2D eigenvalue weighted by molar-refractivity contribution is 0.121. The Morgan fingerprint density at radius 2 is 2.00 bits per heavy atom. The Kier molecular flexibility index (Phi) is 5.97. The van der Waals surface area contributed by atoms with E-state index in [9.17, 15) is 5.11 Å². The van der Waals surface area contributed by atoms with Gasteiger partial charge in [0.05, 0.1) is 24.4 Å². The van der Waals surface area contributed by atoms with Gasteiger partial charge in [0.1, 0.15) is 5.75 Å². The Morgan fingerprint density at radius 3 is 2.81 bits per heavy atom. The number of rotatable bonds is 6. The van der Waals surface area contributed by atoms with Crippen molar-refractivity contribution in [3.8, 4) is 5.75 Å². The molecule has 3 heterocycles. The zero-order chi connectivity index (χ0) is 22.1. The molecule has 1 saturated carbocycles. The third kappa shape index (κ3) is 4.17. The molecular formula is C24H32N6O2. The highest BCUT2D eigenvalue weighted by molar-refractivity contribution is 5.76. The largest absolute Gasteiger partial charge is 0.495 e. The number of methoxy groups -OCH3 is 1. The number of aliphatic hydroxyl groups is 1. The van der Waals surface area contributed by atoms with Crippen molar-refractivity contribution < 1.29 is 9.84 Å². The van der Waals surface area contributed by atoms with Crippen LogP contribution in [0, 0.1) is 11.8 Å². The fourth-order valence-electron chi connectivity index (χ4n) is 5.16. The summed E-state index contributed by atoms with van der Waals surface area (Å²) in [6.07, 6.45) is 9.31. The third-order valence-electron chi connectivity index (χ3n) is 7.06. The molecule has 1 fully saturated rings. The van der Waals surface area contributed by atoms with Gasteiger partial charge in [-0.25, -0.2) is 9.67 Å². The molecule has 0 spiro atoms. The van der Waals surface area contributed by atoms with Gasteiger partial charge in [-0.2, -0.15) is 10.1 Å². The molecule has 2 atom stereocenters. The van der Waals surface area contributed by atoms with Gasteiger partial charge in [0.15, 0.2) is 5.65 Å². The average Bonchev–Trinajstić information content (AvgIpc) is 3.21. The quantitative estimate of drug-likeness (QED) is 0.612. The number of likely N-dealkylation sites (N-methyl/N-ethyl adjacent to an activating group) is 1. The normalized spacial score (nSPS) is 21.5. The fraction of sp³-hybridized carbons (Fsp3) is 0.542. The SMILES string of the molecule is COc1cc2c(cc1Nc1ncc3cnn(C[C@@H]4CCCC[C@@H]4CO)c3n1)CN(C)CC2. The summed E-state index contributed by atoms with van der Waals surface area (Å²) in [5, 5.41) is 18.7. The number of anilines is 2. The lowest BCUT2D eigenvalue weighted by atomic mass is 9.80. The second-order valence-corrected chi connectivity index (χ2v) is 9.22. The number of hydrogen-bond donors (Lipinski definition) is 2. The van der Waals surface area contributed by atoms with Crippen molar-refractivity contribution in [2.75, 3.05) is 32.6 Å². The number of benzene rings is 1. The fourth-order valence-corrected chi connectivity index (χ4v) is 5.16. The van der Waals surface area contributed by atoms with Gasteiger partial charge in [0.2, 0.25) is 5.95 Å². The van der Waals surface area contributed by atoms with Gasteiger partial charge in [-0.3, -0.25) is 0 Å². The maximum absolute atomic E-state index is 9.78. The predicted molar refractivity (Wildman–Crippen MR) is 124 cm³/mol. The molecule has 0 unspecified atom stereocenters. The van der Waals surface area contributed by atoms with Gasteiger partial charge in [-0.05, 0) is 61.4 Å². The van der Waals surface area contributed by atoms with Crippen LogP contribution in [0.3, 0.4) is 0 Å². The number of nitrogens with one attached hydrogen (secondary N) is 1. The van der Waals surface area contributed by atoms with Crippen LogP contribution >= 0.6 is 0 Å². The highest BCUT2D eigenvalue weighted by Gasteiger charge is 2.26. The summed E-state index contributed by atoms with van der Waals surface area (Å²) in [4.78, 5) is 11.6.